The van der Waals surface area contributed by atoms with Gasteiger partial charge in [0, 0.05) is 61.2 Å². The van der Waals surface area contributed by atoms with Crippen LogP contribution in [0.25, 0.3) is 16.7 Å². The standard InChI is InChI=1S/C22H24N2O8.C17H18FN3O3/c1-21(31)8-5-4-6-11(25)12(8)16(26)13-9(21)7-10-15(24(2)3)17(27)14(20(23)30)19(29)22(10,32)18(13)28;18-13-7-11-14(8-15(13)20-5-3-19-4-6-20)21(10-1-2-10)9-12(16(11)22)17(23)24/h4-6,9-10,15,25-26,29,31-32H,7H2,1-3H3,(H2,23,30);7-10,19H,1-6H2,(H,23,24)/t9-,10-,15-,21+,22-;/m0./s1. The van der Waals surface area contributed by atoms with Crippen LogP contribution in [0, 0.1) is 17.7 Å². The predicted molar refractivity (Wildman–Crippen MR) is 199 cm³/mol. The molecule has 2 saturated carbocycles. The molecular weight excluding hydrogens is 733 g/mol. The number of nitrogens with one attached hydrogen (secondary N) is 1. The fraction of sp³-hybridized carbons (Fsp3) is 0.410. The van der Waals surface area contributed by atoms with E-state index in [1.54, 1.807) is 6.07 Å². The molecule has 5 aliphatic rings. The number of aromatic carboxylic acids is 1. The average Bonchev–Trinajstić information content (AvgIpc) is 3.98. The van der Waals surface area contributed by atoms with Gasteiger partial charge in [0.25, 0.3) is 5.91 Å². The van der Waals surface area contributed by atoms with E-state index in [1.807, 2.05) is 9.47 Å². The number of carboxylic acid groups (broad SMARTS) is 1. The first kappa shape index (κ1) is 38.6. The molecule has 0 spiro atoms. The molecule has 2 heterocycles. The van der Waals surface area contributed by atoms with Crippen LogP contribution in [0.5, 0.6) is 5.75 Å². The van der Waals surface area contributed by atoms with Crippen molar-refractivity contribution >= 4 is 45.8 Å². The smallest absolute Gasteiger partial charge is 0.341 e. The van der Waals surface area contributed by atoms with Gasteiger partial charge in [0.15, 0.2) is 11.4 Å². The number of likely N-dealkylation sites (N-methyl/N-ethyl adjacent to an activating group) is 1. The molecule has 1 saturated heterocycles. The first-order valence-corrected chi connectivity index (χ1v) is 18.1. The fourth-order valence-electron chi connectivity index (χ4n) is 8.82. The van der Waals surface area contributed by atoms with E-state index in [2.05, 4.69) is 5.32 Å². The Balaban J connectivity index is 0.000000178. The molecule has 0 radical (unpaired) electrons. The zero-order chi connectivity index (χ0) is 40.8. The highest BCUT2D eigenvalue weighted by atomic mass is 19.1. The van der Waals surface area contributed by atoms with Gasteiger partial charge in [-0.05, 0) is 64.0 Å². The molecule has 3 aromatic rings. The van der Waals surface area contributed by atoms with Crippen molar-refractivity contribution in [2.75, 3.05) is 45.2 Å². The van der Waals surface area contributed by atoms with Crippen LogP contribution >= 0.6 is 0 Å². The van der Waals surface area contributed by atoms with E-state index >= 15 is 0 Å². The summed E-state index contributed by atoms with van der Waals surface area (Å²) < 4.78 is 16.4. The lowest BCUT2D eigenvalue weighted by atomic mass is 9.54. The van der Waals surface area contributed by atoms with E-state index in [1.165, 1.54) is 56.4 Å². The summed E-state index contributed by atoms with van der Waals surface area (Å²) in [5.74, 6) is -9.65. The number of primary amides is 1. The number of phenolic OH excluding ortho intramolecular Hbond substituents is 1. The highest BCUT2D eigenvalue weighted by Gasteiger charge is 2.66. The minimum Gasteiger partial charge on any atom is -0.508 e. The van der Waals surface area contributed by atoms with Gasteiger partial charge in [0.05, 0.1) is 28.4 Å². The maximum absolute atomic E-state index is 14.6. The van der Waals surface area contributed by atoms with Gasteiger partial charge in [-0.1, -0.05) is 12.1 Å². The summed E-state index contributed by atoms with van der Waals surface area (Å²) in [6.07, 6.45) is 3.09. The molecule has 8 rings (SSSR count). The Hall–Kier alpha value is -5.62. The molecule has 1 amide bonds. The number of hydrogen-bond acceptors (Lipinski definition) is 13. The van der Waals surface area contributed by atoms with Crippen molar-refractivity contribution in [3.05, 3.63) is 86.2 Å². The Morgan fingerprint density at radius 2 is 1.70 bits per heavy atom. The first-order valence-electron chi connectivity index (χ1n) is 18.1. The summed E-state index contributed by atoms with van der Waals surface area (Å²) in [5, 5.41) is 67.5. The van der Waals surface area contributed by atoms with Crippen LogP contribution in [-0.2, 0) is 20.0 Å². The lowest BCUT2D eigenvalue weighted by molar-refractivity contribution is -0.159. The van der Waals surface area contributed by atoms with Crippen LogP contribution in [0.15, 0.2) is 58.2 Å². The second-order valence-electron chi connectivity index (χ2n) is 15.3. The number of nitrogens with two attached hydrogens (primary N) is 1. The van der Waals surface area contributed by atoms with Crippen molar-refractivity contribution in [1.82, 2.24) is 14.8 Å². The van der Waals surface area contributed by atoms with Crippen LogP contribution < -0.4 is 21.4 Å². The number of piperazine rings is 1. The summed E-state index contributed by atoms with van der Waals surface area (Å²) in [6.45, 7) is 4.36. The summed E-state index contributed by atoms with van der Waals surface area (Å²) in [7, 11) is 3.01. The number of carbonyl (C=O) groups excluding carboxylic acids is 3. The molecule has 1 aliphatic heterocycles. The van der Waals surface area contributed by atoms with Crippen LogP contribution in [0.1, 0.15) is 53.7 Å². The van der Waals surface area contributed by atoms with Gasteiger partial charge in [-0.15, -0.1) is 0 Å². The largest absolute Gasteiger partial charge is 0.508 e. The Morgan fingerprint density at radius 3 is 2.29 bits per heavy atom. The third-order valence-electron chi connectivity index (χ3n) is 11.7. The number of carbonyl (C=O) groups is 4. The SMILES string of the molecule is CN(C)[C@@H]1C(=O)C(C(N)=O)=C(O)[C@@]2(O)C(=O)C3=C(O)c4c(O)cccc4[C@@](C)(O)[C@H]3C[C@@H]12.O=C(O)c1cn(C2CC2)c2cc(N3CCNCC3)c(F)cc2c1=O. The minimum absolute atomic E-state index is 0.137. The number of aliphatic hydroxyl groups is 4. The Morgan fingerprint density at radius 1 is 1.04 bits per heavy atom. The molecule has 296 valence electrons. The molecule has 4 aliphatic carbocycles. The number of fused-ring (bicyclic) bond motifs is 4. The number of pyridine rings is 1. The third-order valence-corrected chi connectivity index (χ3v) is 11.7. The van der Waals surface area contributed by atoms with Gasteiger partial charge in [-0.3, -0.25) is 24.1 Å². The average molecular weight is 776 g/mol. The molecule has 0 bridgehead atoms. The number of aromatic nitrogens is 1. The van der Waals surface area contributed by atoms with Gasteiger partial charge in [-0.25, -0.2) is 9.18 Å². The van der Waals surface area contributed by atoms with Crippen molar-refractivity contribution in [3.63, 3.8) is 0 Å². The molecule has 16 nitrogen and oxygen atoms in total. The van der Waals surface area contributed by atoms with Crippen LogP contribution in [0.2, 0.25) is 0 Å². The molecule has 0 unspecified atom stereocenters. The summed E-state index contributed by atoms with van der Waals surface area (Å²) in [4.78, 5) is 65.7. The number of benzene rings is 2. The molecule has 9 N–H and O–H groups in total. The number of carboxylic acids is 1. The number of phenols is 1. The number of halogens is 1. The summed E-state index contributed by atoms with van der Waals surface area (Å²) in [5.41, 5.74) is -0.388. The van der Waals surface area contributed by atoms with E-state index in [9.17, 15) is 59.0 Å². The minimum atomic E-state index is -2.75. The number of Topliss-reactive ketones (excluding diaryl/α,β-unsaturated/α-hetero) is 2. The molecule has 17 heteroatoms. The number of aliphatic hydroxyl groups excluding tert-OH is 2. The number of amides is 1. The molecule has 1 aromatic heterocycles. The Bertz CT molecular complexity index is 2360. The van der Waals surface area contributed by atoms with E-state index in [-0.39, 0.29) is 34.5 Å². The van der Waals surface area contributed by atoms with Gasteiger partial charge >= 0.3 is 5.97 Å². The van der Waals surface area contributed by atoms with Crippen molar-refractivity contribution in [3.8, 4) is 5.75 Å². The summed E-state index contributed by atoms with van der Waals surface area (Å²) in [6, 6.07) is 6.09. The zero-order valence-corrected chi connectivity index (χ0v) is 30.7. The van der Waals surface area contributed by atoms with Gasteiger partial charge in [0.1, 0.15) is 34.2 Å². The topological polar surface area (TPSA) is 256 Å². The van der Waals surface area contributed by atoms with Crippen molar-refractivity contribution < 1.29 is 54.2 Å². The lowest BCUT2D eigenvalue weighted by Gasteiger charge is -2.53. The third kappa shape index (κ3) is 5.75. The quantitative estimate of drug-likeness (QED) is 0.170. The predicted octanol–water partition coefficient (Wildman–Crippen LogP) is 1.21. The van der Waals surface area contributed by atoms with Crippen LogP contribution in [0.3, 0.4) is 0 Å². The maximum Gasteiger partial charge on any atom is 0.341 e. The lowest BCUT2D eigenvalue weighted by Crippen LogP contribution is -2.67. The second-order valence-corrected chi connectivity index (χ2v) is 15.3. The monoisotopic (exact) mass is 775 g/mol. The zero-order valence-electron chi connectivity index (χ0n) is 30.7. The van der Waals surface area contributed by atoms with Crippen LogP contribution in [0.4, 0.5) is 10.1 Å². The number of rotatable bonds is 5. The second kappa shape index (κ2) is 13.5. The molecule has 3 fully saturated rings. The van der Waals surface area contributed by atoms with E-state index < -0.39 is 92.2 Å². The van der Waals surface area contributed by atoms with Crippen molar-refractivity contribution in [2.24, 2.45) is 17.6 Å². The Kier molecular flexibility index (Phi) is 9.35. The van der Waals surface area contributed by atoms with E-state index in [0.717, 1.165) is 25.9 Å². The normalized spacial score (nSPS) is 27.4. The van der Waals surface area contributed by atoms with E-state index in [4.69, 9.17) is 5.73 Å². The summed E-state index contributed by atoms with van der Waals surface area (Å²) >= 11 is 0. The molecule has 2 aromatic carbocycles. The number of aromatic hydroxyl groups is 1. The van der Waals surface area contributed by atoms with Crippen molar-refractivity contribution in [1.29, 1.82) is 0 Å². The Labute approximate surface area is 318 Å². The highest BCUT2D eigenvalue weighted by molar-refractivity contribution is 6.24. The maximum atomic E-state index is 14.6. The molecule has 56 heavy (non-hydrogen) atoms. The van der Waals surface area contributed by atoms with Gasteiger partial charge in [-0.2, -0.15) is 0 Å². The van der Waals surface area contributed by atoms with Crippen molar-refractivity contribution in [2.45, 2.75) is 49.5 Å². The van der Waals surface area contributed by atoms with E-state index in [0.29, 0.717) is 24.3 Å². The van der Waals surface area contributed by atoms with Crippen LogP contribution in [-0.4, -0.2) is 115 Å². The fourth-order valence-corrected chi connectivity index (χ4v) is 8.82. The molecular formula is C39H42FN5O11. The van der Waals surface area contributed by atoms with Gasteiger partial charge in [0.2, 0.25) is 11.2 Å². The first-order chi connectivity index (χ1) is 26.3. The number of hydrogen-bond donors (Lipinski definition) is 8. The highest BCUT2D eigenvalue weighted by Crippen LogP contribution is 2.57. The van der Waals surface area contributed by atoms with Gasteiger partial charge < -0.3 is 51.2 Å². The molecule has 5 atom stereocenters. The number of anilines is 1. The number of nitrogens with zero attached hydrogens (tertiary/aromatic N) is 3. The number of ketones is 2.